The third kappa shape index (κ3) is 3.91. The third-order valence-corrected chi connectivity index (χ3v) is 3.69. The first kappa shape index (κ1) is 14.3. The number of halogens is 2. The highest BCUT2D eigenvalue weighted by Crippen LogP contribution is 2.27. The number of benzene rings is 1. The maximum absolute atomic E-state index is 13.2. The molecule has 0 amide bonds. The van der Waals surface area contributed by atoms with E-state index >= 15 is 0 Å². The van der Waals surface area contributed by atoms with Crippen molar-refractivity contribution in [3.8, 4) is 0 Å². The molecule has 102 valence electrons. The van der Waals surface area contributed by atoms with Crippen LogP contribution in [0.25, 0.3) is 0 Å². The highest BCUT2D eigenvalue weighted by atomic mass is 79.9. The van der Waals surface area contributed by atoms with Gasteiger partial charge in [0, 0.05) is 10.5 Å². The van der Waals surface area contributed by atoms with E-state index in [1.54, 1.807) is 12.5 Å². The molecule has 0 bridgehead atoms. The molecule has 2 rings (SSSR count). The predicted molar refractivity (Wildman–Crippen MR) is 77.5 cm³/mol. The molecule has 19 heavy (non-hydrogen) atoms. The van der Waals surface area contributed by atoms with E-state index in [2.05, 4.69) is 28.2 Å². The van der Waals surface area contributed by atoms with Crippen LogP contribution in [0, 0.1) is 5.82 Å². The average Bonchev–Trinajstić information content (AvgIpc) is 2.88. The molecule has 0 saturated carbocycles. The van der Waals surface area contributed by atoms with Crippen molar-refractivity contribution >= 4 is 15.9 Å². The number of hydrogen-bond acceptors (Lipinski definition) is 2. The summed E-state index contributed by atoms with van der Waals surface area (Å²) in [5, 5.41) is 3.49. The van der Waals surface area contributed by atoms with Gasteiger partial charge in [-0.1, -0.05) is 28.9 Å². The lowest BCUT2D eigenvalue weighted by atomic mass is 10.0. The van der Waals surface area contributed by atoms with Crippen LogP contribution in [0.3, 0.4) is 0 Å². The van der Waals surface area contributed by atoms with E-state index in [9.17, 15) is 4.39 Å². The Morgan fingerprint density at radius 3 is 2.84 bits per heavy atom. The molecule has 1 aromatic carbocycles. The molecule has 0 radical (unpaired) electrons. The lowest BCUT2D eigenvalue weighted by Crippen LogP contribution is -2.24. The molecule has 2 nitrogen and oxygen atoms in total. The molecule has 0 saturated heterocycles. The van der Waals surface area contributed by atoms with E-state index in [1.165, 1.54) is 12.1 Å². The molecule has 1 heterocycles. The fourth-order valence-corrected chi connectivity index (χ4v) is 2.67. The van der Waals surface area contributed by atoms with E-state index in [4.69, 9.17) is 4.42 Å². The van der Waals surface area contributed by atoms with Gasteiger partial charge in [0.25, 0.3) is 0 Å². The van der Waals surface area contributed by atoms with Crippen molar-refractivity contribution in [3.63, 3.8) is 0 Å². The Balaban J connectivity index is 2.20. The first-order valence-corrected chi connectivity index (χ1v) is 7.19. The zero-order valence-corrected chi connectivity index (χ0v) is 12.4. The summed E-state index contributed by atoms with van der Waals surface area (Å²) in [6.45, 7) is 3.05. The van der Waals surface area contributed by atoms with Crippen molar-refractivity contribution in [1.82, 2.24) is 5.32 Å². The average molecular weight is 326 g/mol. The van der Waals surface area contributed by atoms with Gasteiger partial charge in [0.1, 0.15) is 5.82 Å². The molecule has 1 N–H and O–H groups in total. The summed E-state index contributed by atoms with van der Waals surface area (Å²) in [6, 6.07) is 6.93. The second kappa shape index (κ2) is 6.87. The summed E-state index contributed by atoms with van der Waals surface area (Å²) in [6.07, 6.45) is 5.30. The van der Waals surface area contributed by atoms with Crippen LogP contribution in [0.15, 0.2) is 45.7 Å². The molecule has 2 aromatic rings. The molecule has 0 aliphatic heterocycles. The molecular weight excluding hydrogens is 309 g/mol. The monoisotopic (exact) mass is 325 g/mol. The summed E-state index contributed by atoms with van der Waals surface area (Å²) < 4.78 is 19.1. The maximum atomic E-state index is 13.2. The molecule has 0 fully saturated rings. The van der Waals surface area contributed by atoms with Gasteiger partial charge < -0.3 is 9.73 Å². The molecular formula is C15H17BrFNO. The van der Waals surface area contributed by atoms with Crippen LogP contribution in [0.5, 0.6) is 0 Å². The van der Waals surface area contributed by atoms with Crippen LogP contribution >= 0.6 is 15.9 Å². The van der Waals surface area contributed by atoms with E-state index < -0.39 is 0 Å². The SMILES string of the molecule is CCCNC(Cc1ccoc1)c1ccc(F)cc1Br. The van der Waals surface area contributed by atoms with E-state index in [0.717, 1.165) is 35.0 Å². The van der Waals surface area contributed by atoms with Crippen molar-refractivity contribution in [1.29, 1.82) is 0 Å². The van der Waals surface area contributed by atoms with Gasteiger partial charge in [0.15, 0.2) is 0 Å². The molecule has 0 aliphatic carbocycles. The van der Waals surface area contributed by atoms with E-state index in [0.29, 0.717) is 0 Å². The fraction of sp³-hybridized carbons (Fsp3) is 0.333. The molecule has 0 spiro atoms. The first-order valence-electron chi connectivity index (χ1n) is 6.40. The number of furan rings is 1. The minimum Gasteiger partial charge on any atom is -0.472 e. The fourth-order valence-electron chi connectivity index (χ4n) is 2.04. The predicted octanol–water partition coefficient (Wildman–Crippen LogP) is 4.46. The summed E-state index contributed by atoms with van der Waals surface area (Å²) in [7, 11) is 0. The molecule has 0 aliphatic rings. The van der Waals surface area contributed by atoms with Gasteiger partial charge in [0.05, 0.1) is 12.5 Å². The van der Waals surface area contributed by atoms with Gasteiger partial charge in [-0.05, 0) is 48.7 Å². The smallest absolute Gasteiger partial charge is 0.124 e. The Morgan fingerprint density at radius 2 is 2.21 bits per heavy atom. The lowest BCUT2D eigenvalue weighted by Gasteiger charge is -2.19. The summed E-state index contributed by atoms with van der Waals surface area (Å²) in [5.41, 5.74) is 2.20. The van der Waals surface area contributed by atoms with Gasteiger partial charge in [0.2, 0.25) is 0 Å². The quantitative estimate of drug-likeness (QED) is 0.847. The lowest BCUT2D eigenvalue weighted by molar-refractivity contribution is 0.517. The second-order valence-corrected chi connectivity index (χ2v) is 5.36. The molecule has 1 aromatic heterocycles. The molecule has 4 heteroatoms. The Labute approximate surface area is 121 Å². The number of hydrogen-bond donors (Lipinski definition) is 1. The molecule has 1 unspecified atom stereocenters. The van der Waals surface area contributed by atoms with Gasteiger partial charge in [-0.3, -0.25) is 0 Å². The van der Waals surface area contributed by atoms with Crippen molar-refractivity contribution < 1.29 is 8.81 Å². The van der Waals surface area contributed by atoms with Crippen molar-refractivity contribution in [2.75, 3.05) is 6.54 Å². The Hall–Kier alpha value is -1.13. The van der Waals surface area contributed by atoms with Gasteiger partial charge >= 0.3 is 0 Å². The summed E-state index contributed by atoms with van der Waals surface area (Å²) in [4.78, 5) is 0. The van der Waals surface area contributed by atoms with Crippen LogP contribution in [0.1, 0.15) is 30.5 Å². The highest BCUT2D eigenvalue weighted by molar-refractivity contribution is 9.10. The summed E-state index contributed by atoms with van der Waals surface area (Å²) in [5.74, 6) is -0.229. The molecule has 1 atom stereocenters. The zero-order chi connectivity index (χ0) is 13.7. The van der Waals surface area contributed by atoms with Crippen molar-refractivity contribution in [3.05, 3.63) is 58.2 Å². The Bertz CT molecular complexity index is 513. The Morgan fingerprint density at radius 1 is 1.37 bits per heavy atom. The number of rotatable bonds is 6. The minimum absolute atomic E-state index is 0.146. The standard InChI is InChI=1S/C15H17BrFNO/c1-2-6-18-15(8-11-5-7-19-10-11)13-4-3-12(17)9-14(13)16/h3-5,7,9-10,15,18H,2,6,8H2,1H3. The van der Waals surface area contributed by atoms with Crippen LogP contribution in [-0.4, -0.2) is 6.54 Å². The van der Waals surface area contributed by atoms with Crippen molar-refractivity contribution in [2.45, 2.75) is 25.8 Å². The normalized spacial score (nSPS) is 12.6. The van der Waals surface area contributed by atoms with E-state index in [1.807, 2.05) is 12.1 Å². The van der Waals surface area contributed by atoms with Crippen LogP contribution in [0.4, 0.5) is 4.39 Å². The van der Waals surface area contributed by atoms with E-state index in [-0.39, 0.29) is 11.9 Å². The zero-order valence-electron chi connectivity index (χ0n) is 10.8. The first-order chi connectivity index (χ1) is 9.20. The van der Waals surface area contributed by atoms with Crippen LogP contribution < -0.4 is 5.32 Å². The van der Waals surface area contributed by atoms with Crippen LogP contribution in [-0.2, 0) is 6.42 Å². The van der Waals surface area contributed by atoms with Gasteiger partial charge in [-0.15, -0.1) is 0 Å². The van der Waals surface area contributed by atoms with Crippen molar-refractivity contribution in [2.24, 2.45) is 0 Å². The Kier molecular flexibility index (Phi) is 5.16. The largest absolute Gasteiger partial charge is 0.472 e. The maximum Gasteiger partial charge on any atom is 0.124 e. The summed E-state index contributed by atoms with van der Waals surface area (Å²) >= 11 is 3.44. The highest BCUT2D eigenvalue weighted by Gasteiger charge is 2.15. The van der Waals surface area contributed by atoms with Gasteiger partial charge in [-0.25, -0.2) is 4.39 Å². The second-order valence-electron chi connectivity index (χ2n) is 4.51. The topological polar surface area (TPSA) is 25.2 Å². The third-order valence-electron chi connectivity index (χ3n) is 3.00. The minimum atomic E-state index is -0.229. The number of nitrogens with one attached hydrogen (secondary N) is 1. The van der Waals surface area contributed by atoms with Crippen LogP contribution in [0.2, 0.25) is 0 Å². The van der Waals surface area contributed by atoms with Gasteiger partial charge in [-0.2, -0.15) is 0 Å².